The molecule has 0 saturated carbocycles. The molecule has 0 aliphatic rings. The highest BCUT2D eigenvalue weighted by atomic mass is 16.5. The summed E-state index contributed by atoms with van der Waals surface area (Å²) < 4.78 is 5.41. The van der Waals surface area contributed by atoms with Crippen molar-refractivity contribution in [1.82, 2.24) is 5.32 Å². The predicted molar refractivity (Wildman–Crippen MR) is 79.8 cm³/mol. The van der Waals surface area contributed by atoms with Gasteiger partial charge in [-0.3, -0.25) is 4.79 Å². The van der Waals surface area contributed by atoms with E-state index in [9.17, 15) is 9.90 Å². The van der Waals surface area contributed by atoms with Crippen molar-refractivity contribution in [1.29, 1.82) is 0 Å². The molecule has 0 aromatic heterocycles. The number of carbonyl (C=O) groups excluding carboxylic acids is 1. The summed E-state index contributed by atoms with van der Waals surface area (Å²) in [4.78, 5) is 11.7. The Morgan fingerprint density at radius 2 is 2.20 bits per heavy atom. The third-order valence-electron chi connectivity index (χ3n) is 3.68. The van der Waals surface area contributed by atoms with Crippen molar-refractivity contribution >= 4 is 5.91 Å². The summed E-state index contributed by atoms with van der Waals surface area (Å²) in [7, 11) is 0. The molecule has 0 bridgehead atoms. The van der Waals surface area contributed by atoms with Gasteiger partial charge in [0.25, 0.3) is 5.91 Å². The molecule has 1 aromatic rings. The van der Waals surface area contributed by atoms with E-state index in [1.54, 1.807) is 6.92 Å². The average Bonchev–Trinajstić information content (AvgIpc) is 2.42. The lowest BCUT2D eigenvalue weighted by Gasteiger charge is -2.29. The highest BCUT2D eigenvalue weighted by molar-refractivity contribution is 5.77. The van der Waals surface area contributed by atoms with Crippen LogP contribution in [0.25, 0.3) is 0 Å². The lowest BCUT2D eigenvalue weighted by atomic mass is 9.89. The Morgan fingerprint density at radius 3 is 2.80 bits per heavy atom. The van der Waals surface area contributed by atoms with Gasteiger partial charge in [-0.2, -0.15) is 0 Å². The maximum atomic E-state index is 11.7. The zero-order chi connectivity index (χ0) is 15.2. The van der Waals surface area contributed by atoms with Crippen LogP contribution < -0.4 is 10.1 Å². The van der Waals surface area contributed by atoms with Crippen LogP contribution in [0.4, 0.5) is 0 Å². The van der Waals surface area contributed by atoms with E-state index in [1.165, 1.54) is 0 Å². The van der Waals surface area contributed by atoms with E-state index >= 15 is 0 Å². The zero-order valence-corrected chi connectivity index (χ0v) is 12.8. The van der Waals surface area contributed by atoms with E-state index in [-0.39, 0.29) is 25.0 Å². The number of carbonyl (C=O) groups is 1. The fourth-order valence-electron chi connectivity index (χ4n) is 1.80. The van der Waals surface area contributed by atoms with Gasteiger partial charge in [0.15, 0.2) is 6.61 Å². The lowest BCUT2D eigenvalue weighted by Crippen LogP contribution is -2.46. The first-order valence-corrected chi connectivity index (χ1v) is 7.03. The van der Waals surface area contributed by atoms with Gasteiger partial charge in [-0.25, -0.2) is 0 Å². The maximum absolute atomic E-state index is 11.7. The van der Waals surface area contributed by atoms with Crippen molar-refractivity contribution in [3.8, 4) is 5.75 Å². The number of hydrogen-bond donors (Lipinski definition) is 2. The van der Waals surface area contributed by atoms with E-state index in [0.29, 0.717) is 5.75 Å². The van der Waals surface area contributed by atoms with Gasteiger partial charge in [0, 0.05) is 6.54 Å². The van der Waals surface area contributed by atoms with Gasteiger partial charge < -0.3 is 15.2 Å². The molecule has 0 spiro atoms. The molecule has 0 aliphatic carbocycles. The molecule has 0 aliphatic heterocycles. The Bertz CT molecular complexity index is 443. The fourth-order valence-corrected chi connectivity index (χ4v) is 1.80. The summed E-state index contributed by atoms with van der Waals surface area (Å²) >= 11 is 0. The van der Waals surface area contributed by atoms with Gasteiger partial charge in [-0.1, -0.05) is 32.4 Å². The molecule has 0 fully saturated rings. The molecule has 2 unspecified atom stereocenters. The molecular formula is C16H25NO3. The van der Waals surface area contributed by atoms with Crippen molar-refractivity contribution in [2.24, 2.45) is 5.92 Å². The first-order valence-electron chi connectivity index (χ1n) is 7.03. The monoisotopic (exact) mass is 279 g/mol. The van der Waals surface area contributed by atoms with Crippen LogP contribution in [-0.4, -0.2) is 29.8 Å². The smallest absolute Gasteiger partial charge is 0.258 e. The number of aliphatic hydroxyl groups is 1. The van der Waals surface area contributed by atoms with Gasteiger partial charge in [-0.15, -0.1) is 0 Å². The van der Waals surface area contributed by atoms with Crippen LogP contribution in [0.5, 0.6) is 5.75 Å². The predicted octanol–water partition coefficient (Wildman–Crippen LogP) is 2.29. The molecule has 2 atom stereocenters. The van der Waals surface area contributed by atoms with Gasteiger partial charge in [0.1, 0.15) is 5.75 Å². The van der Waals surface area contributed by atoms with Gasteiger partial charge in [0.05, 0.1) is 5.60 Å². The quantitative estimate of drug-likeness (QED) is 0.805. The first-order chi connectivity index (χ1) is 9.35. The maximum Gasteiger partial charge on any atom is 0.258 e. The number of aryl methyl sites for hydroxylation is 1. The van der Waals surface area contributed by atoms with E-state index in [4.69, 9.17) is 4.74 Å². The second kappa shape index (κ2) is 7.29. The normalized spacial score (nSPS) is 15.2. The average molecular weight is 279 g/mol. The Balaban J connectivity index is 2.37. The minimum absolute atomic E-state index is 0.0416. The van der Waals surface area contributed by atoms with Crippen LogP contribution in [-0.2, 0) is 4.79 Å². The number of rotatable bonds is 7. The topological polar surface area (TPSA) is 58.6 Å². The van der Waals surface area contributed by atoms with Crippen LogP contribution >= 0.6 is 0 Å². The van der Waals surface area contributed by atoms with Crippen LogP contribution in [0.1, 0.15) is 32.8 Å². The molecule has 2 N–H and O–H groups in total. The Morgan fingerprint density at radius 1 is 1.50 bits per heavy atom. The van der Waals surface area contributed by atoms with Crippen molar-refractivity contribution in [2.45, 2.75) is 39.7 Å². The molecule has 20 heavy (non-hydrogen) atoms. The molecular weight excluding hydrogens is 254 g/mol. The second-order valence-corrected chi connectivity index (χ2v) is 5.55. The highest BCUT2D eigenvalue weighted by Crippen LogP contribution is 2.18. The number of hydrogen-bond acceptors (Lipinski definition) is 3. The minimum Gasteiger partial charge on any atom is -0.484 e. The molecule has 112 valence electrons. The van der Waals surface area contributed by atoms with E-state index < -0.39 is 5.60 Å². The molecule has 0 heterocycles. The third-order valence-corrected chi connectivity index (χ3v) is 3.68. The fraction of sp³-hybridized carbons (Fsp3) is 0.562. The molecule has 1 aromatic carbocycles. The second-order valence-electron chi connectivity index (χ2n) is 5.55. The number of benzene rings is 1. The van der Waals surface area contributed by atoms with Crippen molar-refractivity contribution in [3.63, 3.8) is 0 Å². The SMILES string of the molecule is CCC(C)C(C)(O)CNC(=O)COc1cccc(C)c1. The number of nitrogens with one attached hydrogen (secondary N) is 1. The minimum atomic E-state index is -0.895. The highest BCUT2D eigenvalue weighted by Gasteiger charge is 2.27. The summed E-state index contributed by atoms with van der Waals surface area (Å²) in [6.07, 6.45) is 0.864. The summed E-state index contributed by atoms with van der Waals surface area (Å²) in [5.74, 6) is 0.574. The molecule has 0 radical (unpaired) electrons. The van der Waals surface area contributed by atoms with E-state index in [0.717, 1.165) is 12.0 Å². The van der Waals surface area contributed by atoms with Gasteiger partial charge >= 0.3 is 0 Å². The van der Waals surface area contributed by atoms with Gasteiger partial charge in [-0.05, 0) is 37.5 Å². The van der Waals surface area contributed by atoms with Crippen molar-refractivity contribution < 1.29 is 14.6 Å². The summed E-state index contributed by atoms with van der Waals surface area (Å²) in [5.41, 5.74) is 0.191. The Labute approximate surface area is 121 Å². The largest absolute Gasteiger partial charge is 0.484 e. The van der Waals surface area contributed by atoms with Gasteiger partial charge in [0.2, 0.25) is 0 Å². The van der Waals surface area contributed by atoms with Crippen LogP contribution in [0.15, 0.2) is 24.3 Å². The van der Waals surface area contributed by atoms with Crippen LogP contribution in [0.2, 0.25) is 0 Å². The first kappa shape index (κ1) is 16.5. The summed E-state index contributed by atoms with van der Waals surface area (Å²) in [5, 5.41) is 12.9. The summed E-state index contributed by atoms with van der Waals surface area (Å²) in [6.45, 7) is 7.88. The molecule has 0 saturated heterocycles. The number of ether oxygens (including phenoxy) is 1. The molecule has 4 nitrogen and oxygen atoms in total. The standard InChI is InChI=1S/C16H25NO3/c1-5-13(3)16(4,19)11-17-15(18)10-20-14-8-6-7-12(2)9-14/h6-9,13,19H,5,10-11H2,1-4H3,(H,17,18). The molecule has 1 rings (SSSR count). The van der Waals surface area contributed by atoms with E-state index in [2.05, 4.69) is 5.32 Å². The summed E-state index contributed by atoms with van der Waals surface area (Å²) in [6, 6.07) is 7.55. The molecule has 4 heteroatoms. The van der Waals surface area contributed by atoms with E-state index in [1.807, 2.05) is 45.0 Å². The lowest BCUT2D eigenvalue weighted by molar-refractivity contribution is -0.124. The van der Waals surface area contributed by atoms with Crippen LogP contribution in [0.3, 0.4) is 0 Å². The van der Waals surface area contributed by atoms with Crippen LogP contribution in [0, 0.1) is 12.8 Å². The van der Waals surface area contributed by atoms with Crippen molar-refractivity contribution in [2.75, 3.05) is 13.2 Å². The third kappa shape index (κ3) is 5.21. The molecule has 1 amide bonds. The van der Waals surface area contributed by atoms with Crippen molar-refractivity contribution in [3.05, 3.63) is 29.8 Å². The Hall–Kier alpha value is -1.55. The zero-order valence-electron chi connectivity index (χ0n) is 12.8. The number of amides is 1. The Kier molecular flexibility index (Phi) is 6.02.